The third kappa shape index (κ3) is 1.58. The van der Waals surface area contributed by atoms with E-state index in [0.717, 1.165) is 29.8 Å². The van der Waals surface area contributed by atoms with E-state index < -0.39 is 5.41 Å². The number of hydrogen-bond donors (Lipinski definition) is 2. The number of nitrogens with one attached hydrogen (secondary N) is 1. The number of benzene rings is 2. The molecule has 2 aliphatic heterocycles. The zero-order valence-corrected chi connectivity index (χ0v) is 12.4. The lowest BCUT2D eigenvalue weighted by molar-refractivity contribution is -0.123. The Bertz CT molecular complexity index is 741. The number of fused-ring (bicyclic) bond motifs is 2. The second-order valence-corrected chi connectivity index (χ2v) is 6.08. The Hall–Kier alpha value is -2.33. The first-order chi connectivity index (χ1) is 10.6. The molecular weight excluding hydrogens is 276 g/mol. The van der Waals surface area contributed by atoms with E-state index >= 15 is 0 Å². The molecule has 0 radical (unpaired) electrons. The molecule has 0 aliphatic carbocycles. The highest BCUT2D eigenvalue weighted by molar-refractivity contribution is 6.08. The summed E-state index contributed by atoms with van der Waals surface area (Å²) in [5, 5.41) is 13.0. The van der Waals surface area contributed by atoms with Crippen molar-refractivity contribution in [2.24, 2.45) is 0 Å². The maximum atomic E-state index is 13.1. The number of carbonyl (C=O) groups excluding carboxylic acids is 1. The second kappa shape index (κ2) is 4.58. The van der Waals surface area contributed by atoms with E-state index in [1.807, 2.05) is 37.4 Å². The molecule has 4 heteroatoms. The fourth-order valence-electron chi connectivity index (χ4n) is 3.99. The largest absolute Gasteiger partial charge is 0.508 e. The van der Waals surface area contributed by atoms with Crippen LogP contribution in [0.25, 0.3) is 0 Å². The van der Waals surface area contributed by atoms with E-state index in [1.54, 1.807) is 17.0 Å². The lowest BCUT2D eigenvalue weighted by atomic mass is 9.73. The van der Waals surface area contributed by atoms with Crippen molar-refractivity contribution in [1.82, 2.24) is 5.32 Å². The molecule has 0 saturated carbocycles. The van der Waals surface area contributed by atoms with Gasteiger partial charge in [0.2, 0.25) is 5.91 Å². The van der Waals surface area contributed by atoms with Crippen LogP contribution in [-0.4, -0.2) is 24.6 Å². The first kappa shape index (κ1) is 13.3. The van der Waals surface area contributed by atoms with Crippen molar-refractivity contribution in [1.29, 1.82) is 0 Å². The molecule has 1 amide bonds. The Labute approximate surface area is 129 Å². The zero-order valence-electron chi connectivity index (χ0n) is 12.4. The summed E-state index contributed by atoms with van der Waals surface area (Å²) < 4.78 is 0. The summed E-state index contributed by atoms with van der Waals surface area (Å²) in [6.45, 7) is 0.805. The highest BCUT2D eigenvalue weighted by Gasteiger charge is 2.57. The van der Waals surface area contributed by atoms with E-state index in [2.05, 4.69) is 11.4 Å². The minimum Gasteiger partial charge on any atom is -0.508 e. The average Bonchev–Trinajstić information content (AvgIpc) is 3.07. The van der Waals surface area contributed by atoms with Gasteiger partial charge in [-0.25, -0.2) is 0 Å². The molecule has 112 valence electrons. The van der Waals surface area contributed by atoms with Crippen molar-refractivity contribution < 1.29 is 9.90 Å². The molecule has 22 heavy (non-hydrogen) atoms. The molecule has 2 aromatic rings. The van der Waals surface area contributed by atoms with E-state index in [1.165, 1.54) is 0 Å². The lowest BCUT2D eigenvalue weighted by Gasteiger charge is -2.30. The number of aromatic hydroxyl groups is 1. The molecule has 2 heterocycles. The van der Waals surface area contributed by atoms with Crippen molar-refractivity contribution in [3.8, 4) is 5.75 Å². The van der Waals surface area contributed by atoms with Crippen LogP contribution in [0.15, 0.2) is 48.5 Å². The summed E-state index contributed by atoms with van der Waals surface area (Å²) in [5.74, 6) is 0.392. The topological polar surface area (TPSA) is 52.6 Å². The minimum atomic E-state index is -0.539. The van der Waals surface area contributed by atoms with Gasteiger partial charge in [0.05, 0.1) is 11.5 Å². The summed E-state index contributed by atoms with van der Waals surface area (Å²) in [6.07, 6.45) is 0.790. The van der Waals surface area contributed by atoms with Gasteiger partial charge in [-0.2, -0.15) is 0 Å². The standard InChI is InChI=1S/C18H18N2O2/c1-20-15-5-3-2-4-14(15)18(17(20)22)10-11-19-16(18)12-6-8-13(21)9-7-12/h2-9,16,19,21H,10-11H2,1H3/t16-,18-/m0/s1. The van der Waals surface area contributed by atoms with E-state index in [0.29, 0.717) is 0 Å². The van der Waals surface area contributed by atoms with E-state index in [9.17, 15) is 9.90 Å². The van der Waals surface area contributed by atoms with Crippen molar-refractivity contribution in [3.05, 3.63) is 59.7 Å². The number of rotatable bonds is 1. The van der Waals surface area contributed by atoms with Crippen LogP contribution in [0.3, 0.4) is 0 Å². The quantitative estimate of drug-likeness (QED) is 0.849. The molecule has 0 aromatic heterocycles. The molecule has 2 aliphatic rings. The van der Waals surface area contributed by atoms with Gasteiger partial charge < -0.3 is 15.3 Å². The van der Waals surface area contributed by atoms with Crippen molar-refractivity contribution in [2.75, 3.05) is 18.5 Å². The lowest BCUT2D eigenvalue weighted by Crippen LogP contribution is -2.42. The monoisotopic (exact) mass is 294 g/mol. The first-order valence-corrected chi connectivity index (χ1v) is 7.54. The Morgan fingerprint density at radius 3 is 2.68 bits per heavy atom. The summed E-state index contributed by atoms with van der Waals surface area (Å²) in [5.41, 5.74) is 2.60. The van der Waals surface area contributed by atoms with E-state index in [4.69, 9.17) is 0 Å². The van der Waals surface area contributed by atoms with Gasteiger partial charge in [-0.15, -0.1) is 0 Å². The Morgan fingerprint density at radius 2 is 1.91 bits per heavy atom. The molecule has 2 atom stereocenters. The van der Waals surface area contributed by atoms with Crippen LogP contribution in [0.4, 0.5) is 5.69 Å². The summed E-state index contributed by atoms with van der Waals surface area (Å²) >= 11 is 0. The third-order valence-electron chi connectivity index (χ3n) is 5.02. The first-order valence-electron chi connectivity index (χ1n) is 7.54. The fraction of sp³-hybridized carbons (Fsp3) is 0.278. The number of phenols is 1. The predicted molar refractivity (Wildman–Crippen MR) is 85.0 cm³/mol. The SMILES string of the molecule is CN1C(=O)[C@@]2(CCN[C@H]2c2ccc(O)cc2)c2ccccc21. The molecule has 2 aromatic carbocycles. The van der Waals surface area contributed by atoms with E-state index in [-0.39, 0.29) is 17.7 Å². The number of amides is 1. The van der Waals surface area contributed by atoms with Gasteiger partial charge >= 0.3 is 0 Å². The zero-order chi connectivity index (χ0) is 15.3. The van der Waals surface area contributed by atoms with Crippen molar-refractivity contribution in [3.63, 3.8) is 0 Å². The highest BCUT2D eigenvalue weighted by atomic mass is 16.3. The number of anilines is 1. The summed E-state index contributed by atoms with van der Waals surface area (Å²) in [6, 6.07) is 15.1. The van der Waals surface area contributed by atoms with Gasteiger partial charge in [0, 0.05) is 12.7 Å². The number of phenolic OH excluding ortho intramolecular Hbond substituents is 1. The van der Waals surface area contributed by atoms with Crippen LogP contribution in [0.2, 0.25) is 0 Å². The van der Waals surface area contributed by atoms with Crippen LogP contribution in [0, 0.1) is 0 Å². The average molecular weight is 294 g/mol. The third-order valence-corrected chi connectivity index (χ3v) is 5.02. The molecule has 1 fully saturated rings. The smallest absolute Gasteiger partial charge is 0.239 e. The number of likely N-dealkylation sites (N-methyl/N-ethyl adjacent to an activating group) is 1. The minimum absolute atomic E-state index is 0.0632. The molecule has 4 rings (SSSR count). The number of para-hydroxylation sites is 1. The van der Waals surface area contributed by atoms with Crippen LogP contribution in [0.5, 0.6) is 5.75 Å². The van der Waals surface area contributed by atoms with Gasteiger partial charge in [0.15, 0.2) is 0 Å². The van der Waals surface area contributed by atoms with Crippen LogP contribution >= 0.6 is 0 Å². The van der Waals surface area contributed by atoms with Gasteiger partial charge in [-0.05, 0) is 42.3 Å². The molecular formula is C18H18N2O2. The molecule has 0 unspecified atom stereocenters. The Balaban J connectivity index is 1.89. The molecule has 1 spiro atoms. The predicted octanol–water partition coefficient (Wildman–Crippen LogP) is 2.34. The maximum absolute atomic E-state index is 13.1. The number of hydrogen-bond acceptors (Lipinski definition) is 3. The van der Waals surface area contributed by atoms with Crippen LogP contribution in [0.1, 0.15) is 23.6 Å². The maximum Gasteiger partial charge on any atom is 0.239 e. The summed E-state index contributed by atoms with van der Waals surface area (Å²) in [4.78, 5) is 14.8. The molecule has 4 nitrogen and oxygen atoms in total. The van der Waals surface area contributed by atoms with Crippen molar-refractivity contribution in [2.45, 2.75) is 17.9 Å². The summed E-state index contributed by atoms with van der Waals surface area (Å²) in [7, 11) is 1.85. The van der Waals surface area contributed by atoms with Crippen LogP contribution in [-0.2, 0) is 10.2 Å². The molecule has 2 N–H and O–H groups in total. The van der Waals surface area contributed by atoms with Crippen LogP contribution < -0.4 is 10.2 Å². The molecule has 1 saturated heterocycles. The number of nitrogens with zero attached hydrogens (tertiary/aromatic N) is 1. The Kier molecular flexibility index (Phi) is 2.78. The second-order valence-electron chi connectivity index (χ2n) is 6.08. The Morgan fingerprint density at radius 1 is 1.18 bits per heavy atom. The number of carbonyl (C=O) groups is 1. The van der Waals surface area contributed by atoms with Gasteiger partial charge in [-0.1, -0.05) is 30.3 Å². The van der Waals surface area contributed by atoms with Crippen molar-refractivity contribution >= 4 is 11.6 Å². The normalized spacial score (nSPS) is 26.7. The van der Waals surface area contributed by atoms with Gasteiger partial charge in [-0.3, -0.25) is 4.79 Å². The highest BCUT2D eigenvalue weighted by Crippen LogP contribution is 2.52. The fourth-order valence-corrected chi connectivity index (χ4v) is 3.99. The van der Waals surface area contributed by atoms with Gasteiger partial charge in [0.25, 0.3) is 0 Å². The molecule has 0 bridgehead atoms. The van der Waals surface area contributed by atoms with Gasteiger partial charge in [0.1, 0.15) is 5.75 Å².